The van der Waals surface area contributed by atoms with Crippen LogP contribution in [0.25, 0.3) is 5.69 Å². The van der Waals surface area contributed by atoms with Gasteiger partial charge in [0, 0.05) is 12.6 Å². The lowest BCUT2D eigenvalue weighted by Crippen LogP contribution is -2.50. The predicted molar refractivity (Wildman–Crippen MR) is 84.0 cm³/mol. The van der Waals surface area contributed by atoms with Crippen molar-refractivity contribution >= 4 is 5.91 Å². The number of carbonyl (C=O) groups excluding carboxylic acids is 1. The number of piperidine rings is 1. The molecule has 2 N–H and O–H groups in total. The lowest BCUT2D eigenvalue weighted by Gasteiger charge is -2.29. The zero-order valence-corrected chi connectivity index (χ0v) is 12.9. The molecule has 1 aliphatic rings. The second-order valence-electron chi connectivity index (χ2n) is 5.93. The van der Waals surface area contributed by atoms with Crippen LogP contribution in [0.2, 0.25) is 0 Å². The van der Waals surface area contributed by atoms with E-state index in [0.29, 0.717) is 11.6 Å². The summed E-state index contributed by atoms with van der Waals surface area (Å²) in [7, 11) is 0. The van der Waals surface area contributed by atoms with Gasteiger partial charge in [0.1, 0.15) is 0 Å². The van der Waals surface area contributed by atoms with Gasteiger partial charge in [0.05, 0.1) is 11.9 Å². The summed E-state index contributed by atoms with van der Waals surface area (Å²) >= 11 is 0. The lowest BCUT2D eigenvalue weighted by molar-refractivity contribution is 0.0910. The summed E-state index contributed by atoms with van der Waals surface area (Å²) < 4.78 is 1.62. The maximum absolute atomic E-state index is 12.3. The zero-order chi connectivity index (χ0) is 15.5. The van der Waals surface area contributed by atoms with Crippen LogP contribution >= 0.6 is 0 Å². The molecule has 1 saturated heterocycles. The Balaban J connectivity index is 1.70. The Hall–Kier alpha value is -2.21. The largest absolute Gasteiger partial charge is 0.346 e. The van der Waals surface area contributed by atoms with Crippen molar-refractivity contribution in [1.29, 1.82) is 0 Å². The number of aryl methyl sites for hydroxylation is 1. The average molecular weight is 299 g/mol. The van der Waals surface area contributed by atoms with Crippen molar-refractivity contribution in [2.45, 2.75) is 26.3 Å². The van der Waals surface area contributed by atoms with Crippen molar-refractivity contribution in [3.8, 4) is 5.69 Å². The average Bonchev–Trinajstić information content (AvgIpc) is 3.00. The quantitative estimate of drug-likeness (QED) is 0.896. The summed E-state index contributed by atoms with van der Waals surface area (Å²) in [5.74, 6) is 0.302. The molecular formula is C16H21N5O. The molecule has 116 valence electrons. The predicted octanol–water partition coefficient (Wildman–Crippen LogP) is 1.30. The second kappa shape index (κ2) is 6.27. The van der Waals surface area contributed by atoms with Gasteiger partial charge in [-0.1, -0.05) is 29.8 Å². The van der Waals surface area contributed by atoms with Crippen LogP contribution in [0, 0.1) is 12.8 Å². The summed E-state index contributed by atoms with van der Waals surface area (Å²) in [6.45, 7) is 6.01. The highest BCUT2D eigenvalue weighted by Crippen LogP contribution is 2.12. The lowest BCUT2D eigenvalue weighted by atomic mass is 9.95. The Morgan fingerprint density at radius 2 is 2.14 bits per heavy atom. The van der Waals surface area contributed by atoms with Crippen LogP contribution in [0.3, 0.4) is 0 Å². The molecule has 1 aromatic carbocycles. The van der Waals surface area contributed by atoms with Gasteiger partial charge in [0.15, 0.2) is 5.69 Å². The maximum atomic E-state index is 12.3. The van der Waals surface area contributed by atoms with E-state index in [-0.39, 0.29) is 11.9 Å². The van der Waals surface area contributed by atoms with Crippen molar-refractivity contribution in [2.24, 2.45) is 5.92 Å². The summed E-state index contributed by atoms with van der Waals surface area (Å²) in [5, 5.41) is 14.4. The van der Waals surface area contributed by atoms with Crippen molar-refractivity contribution in [3.05, 3.63) is 41.7 Å². The summed E-state index contributed by atoms with van der Waals surface area (Å²) in [5.41, 5.74) is 2.42. The van der Waals surface area contributed by atoms with Gasteiger partial charge >= 0.3 is 0 Å². The first-order valence-electron chi connectivity index (χ1n) is 7.64. The van der Waals surface area contributed by atoms with E-state index in [0.717, 1.165) is 25.2 Å². The third kappa shape index (κ3) is 3.17. The van der Waals surface area contributed by atoms with Gasteiger partial charge in [-0.3, -0.25) is 4.79 Å². The SMILES string of the molecule is Cc1ccc(-n2cc(C(=O)NC3CNCCC3C)nn2)cc1. The highest BCUT2D eigenvalue weighted by molar-refractivity contribution is 5.92. The van der Waals surface area contributed by atoms with Crippen molar-refractivity contribution in [3.63, 3.8) is 0 Å². The van der Waals surface area contributed by atoms with Crippen LogP contribution in [-0.4, -0.2) is 40.0 Å². The van der Waals surface area contributed by atoms with E-state index in [9.17, 15) is 4.79 Å². The van der Waals surface area contributed by atoms with Crippen LogP contribution in [-0.2, 0) is 0 Å². The first kappa shape index (κ1) is 14.7. The molecule has 1 aliphatic heterocycles. The van der Waals surface area contributed by atoms with Gasteiger partial charge in [-0.25, -0.2) is 4.68 Å². The molecule has 2 aromatic rings. The highest BCUT2D eigenvalue weighted by atomic mass is 16.2. The Labute approximate surface area is 129 Å². The fraction of sp³-hybridized carbons (Fsp3) is 0.438. The molecule has 1 aromatic heterocycles. The van der Waals surface area contributed by atoms with E-state index in [1.165, 1.54) is 5.56 Å². The first-order chi connectivity index (χ1) is 10.6. The highest BCUT2D eigenvalue weighted by Gasteiger charge is 2.24. The monoisotopic (exact) mass is 299 g/mol. The Morgan fingerprint density at radius 1 is 1.36 bits per heavy atom. The molecule has 2 heterocycles. The normalized spacial score (nSPS) is 21.5. The third-order valence-electron chi connectivity index (χ3n) is 4.17. The molecule has 22 heavy (non-hydrogen) atoms. The van der Waals surface area contributed by atoms with Gasteiger partial charge < -0.3 is 10.6 Å². The maximum Gasteiger partial charge on any atom is 0.273 e. The molecule has 1 amide bonds. The summed E-state index contributed by atoms with van der Waals surface area (Å²) in [6.07, 6.45) is 2.74. The van der Waals surface area contributed by atoms with E-state index in [1.54, 1.807) is 10.9 Å². The fourth-order valence-electron chi connectivity index (χ4n) is 2.62. The van der Waals surface area contributed by atoms with E-state index in [2.05, 4.69) is 27.9 Å². The van der Waals surface area contributed by atoms with Gasteiger partial charge in [-0.15, -0.1) is 5.10 Å². The number of amides is 1. The molecule has 2 unspecified atom stereocenters. The van der Waals surface area contributed by atoms with Crippen molar-refractivity contribution < 1.29 is 4.79 Å². The molecule has 1 fully saturated rings. The van der Waals surface area contributed by atoms with Crippen molar-refractivity contribution in [2.75, 3.05) is 13.1 Å². The topological polar surface area (TPSA) is 71.8 Å². The number of benzene rings is 1. The number of hydrogen-bond donors (Lipinski definition) is 2. The van der Waals surface area contributed by atoms with Crippen molar-refractivity contribution in [1.82, 2.24) is 25.6 Å². The van der Waals surface area contributed by atoms with E-state index in [4.69, 9.17) is 0 Å². The fourth-order valence-corrected chi connectivity index (χ4v) is 2.62. The van der Waals surface area contributed by atoms with E-state index >= 15 is 0 Å². The smallest absolute Gasteiger partial charge is 0.273 e. The number of nitrogens with one attached hydrogen (secondary N) is 2. The standard InChI is InChI=1S/C16H21N5O/c1-11-3-5-13(6-4-11)21-10-15(19-20-21)16(22)18-14-9-17-8-7-12(14)2/h3-6,10,12,14,17H,7-9H2,1-2H3,(H,18,22). The number of hydrogen-bond acceptors (Lipinski definition) is 4. The molecule has 0 radical (unpaired) electrons. The second-order valence-corrected chi connectivity index (χ2v) is 5.93. The number of rotatable bonds is 3. The Bertz CT molecular complexity index is 649. The van der Waals surface area contributed by atoms with E-state index < -0.39 is 0 Å². The molecule has 0 aliphatic carbocycles. The van der Waals surface area contributed by atoms with Gasteiger partial charge in [0.25, 0.3) is 5.91 Å². The van der Waals surface area contributed by atoms with Gasteiger partial charge in [-0.05, 0) is 37.9 Å². The minimum Gasteiger partial charge on any atom is -0.346 e. The van der Waals surface area contributed by atoms with Crippen LogP contribution in [0.1, 0.15) is 29.4 Å². The third-order valence-corrected chi connectivity index (χ3v) is 4.17. The molecule has 6 heteroatoms. The molecule has 0 saturated carbocycles. The Kier molecular flexibility index (Phi) is 4.20. The van der Waals surface area contributed by atoms with E-state index in [1.807, 2.05) is 31.2 Å². The number of aromatic nitrogens is 3. The molecular weight excluding hydrogens is 278 g/mol. The summed E-state index contributed by atoms with van der Waals surface area (Å²) in [6, 6.07) is 8.07. The number of carbonyl (C=O) groups is 1. The van der Waals surface area contributed by atoms with Gasteiger partial charge in [-0.2, -0.15) is 0 Å². The van der Waals surface area contributed by atoms with Crippen LogP contribution in [0.5, 0.6) is 0 Å². The van der Waals surface area contributed by atoms with Crippen LogP contribution in [0.15, 0.2) is 30.5 Å². The first-order valence-corrected chi connectivity index (χ1v) is 7.64. The number of nitrogens with zero attached hydrogens (tertiary/aromatic N) is 3. The summed E-state index contributed by atoms with van der Waals surface area (Å²) in [4.78, 5) is 12.3. The molecule has 0 spiro atoms. The van der Waals surface area contributed by atoms with Gasteiger partial charge in [0.2, 0.25) is 0 Å². The minimum absolute atomic E-state index is 0.144. The molecule has 0 bridgehead atoms. The molecule has 6 nitrogen and oxygen atoms in total. The van der Waals surface area contributed by atoms with Crippen LogP contribution in [0.4, 0.5) is 0 Å². The molecule has 3 rings (SSSR count). The zero-order valence-electron chi connectivity index (χ0n) is 12.9. The molecule has 2 atom stereocenters. The Morgan fingerprint density at radius 3 is 2.86 bits per heavy atom. The van der Waals surface area contributed by atoms with Crippen LogP contribution < -0.4 is 10.6 Å². The minimum atomic E-state index is -0.168.